The molecule has 2 aromatic heterocycles. The second kappa shape index (κ2) is 8.35. The first-order valence-corrected chi connectivity index (χ1v) is 9.38. The third-order valence-electron chi connectivity index (χ3n) is 4.51. The number of aromatic nitrogens is 3. The standard InChI is InChI=1S/C17H24N6OS/c1-14-15(25-13-20-14)4-7-21(2)16(24)12-22-8-10-23(11-9-22)17-18-5-3-6-19-17/h3,5-6,13H,4,7-12H2,1-2H3. The molecule has 0 saturated carbocycles. The van der Waals surface area contributed by atoms with E-state index in [9.17, 15) is 4.79 Å². The van der Waals surface area contributed by atoms with E-state index >= 15 is 0 Å². The third kappa shape index (κ3) is 4.73. The number of rotatable bonds is 6. The quantitative estimate of drug-likeness (QED) is 0.768. The molecule has 3 rings (SSSR count). The van der Waals surface area contributed by atoms with E-state index in [1.165, 1.54) is 4.88 Å². The summed E-state index contributed by atoms with van der Waals surface area (Å²) >= 11 is 1.66. The Hall–Kier alpha value is -2.06. The molecule has 1 amide bonds. The zero-order valence-electron chi connectivity index (χ0n) is 14.8. The van der Waals surface area contributed by atoms with E-state index in [1.807, 2.05) is 30.4 Å². The van der Waals surface area contributed by atoms with Crippen LogP contribution in [0.4, 0.5) is 5.95 Å². The molecule has 0 bridgehead atoms. The summed E-state index contributed by atoms with van der Waals surface area (Å²) in [6.45, 7) is 6.63. The molecule has 1 saturated heterocycles. The zero-order valence-corrected chi connectivity index (χ0v) is 15.6. The Kier molecular flexibility index (Phi) is 5.93. The maximum absolute atomic E-state index is 12.4. The number of amides is 1. The second-order valence-electron chi connectivity index (χ2n) is 6.24. The van der Waals surface area contributed by atoms with Crippen molar-refractivity contribution in [1.82, 2.24) is 24.8 Å². The molecule has 0 radical (unpaired) electrons. The molecule has 25 heavy (non-hydrogen) atoms. The van der Waals surface area contributed by atoms with Crippen LogP contribution in [0.5, 0.6) is 0 Å². The summed E-state index contributed by atoms with van der Waals surface area (Å²) < 4.78 is 0. The Labute approximate surface area is 152 Å². The van der Waals surface area contributed by atoms with Crippen LogP contribution in [0.2, 0.25) is 0 Å². The average molecular weight is 360 g/mol. The normalized spacial score (nSPS) is 15.4. The van der Waals surface area contributed by atoms with Crippen LogP contribution in [0.15, 0.2) is 24.0 Å². The summed E-state index contributed by atoms with van der Waals surface area (Å²) in [6.07, 6.45) is 4.40. The van der Waals surface area contributed by atoms with Crippen molar-refractivity contribution >= 4 is 23.2 Å². The smallest absolute Gasteiger partial charge is 0.236 e. The monoisotopic (exact) mass is 360 g/mol. The molecule has 0 aromatic carbocycles. The molecule has 8 heteroatoms. The van der Waals surface area contributed by atoms with Gasteiger partial charge in [0, 0.05) is 63.5 Å². The summed E-state index contributed by atoms with van der Waals surface area (Å²) in [5, 5.41) is 0. The Morgan fingerprint density at radius 1 is 1.20 bits per heavy atom. The van der Waals surface area contributed by atoms with Crippen LogP contribution in [0.1, 0.15) is 10.6 Å². The molecule has 2 aromatic rings. The topological polar surface area (TPSA) is 65.5 Å². The number of aryl methyl sites for hydroxylation is 1. The van der Waals surface area contributed by atoms with Gasteiger partial charge < -0.3 is 9.80 Å². The van der Waals surface area contributed by atoms with Crippen molar-refractivity contribution in [2.45, 2.75) is 13.3 Å². The Morgan fingerprint density at radius 2 is 1.92 bits per heavy atom. The lowest BCUT2D eigenvalue weighted by molar-refractivity contribution is -0.131. The van der Waals surface area contributed by atoms with E-state index in [4.69, 9.17) is 0 Å². The van der Waals surface area contributed by atoms with Crippen LogP contribution in [-0.4, -0.2) is 77.0 Å². The van der Waals surface area contributed by atoms with Gasteiger partial charge in [-0.25, -0.2) is 15.0 Å². The van der Waals surface area contributed by atoms with Crippen molar-refractivity contribution in [3.05, 3.63) is 34.5 Å². The second-order valence-corrected chi connectivity index (χ2v) is 7.18. The maximum atomic E-state index is 12.4. The Balaban J connectivity index is 1.42. The minimum Gasteiger partial charge on any atom is -0.344 e. The molecule has 1 aliphatic heterocycles. The predicted octanol–water partition coefficient (Wildman–Crippen LogP) is 1.06. The maximum Gasteiger partial charge on any atom is 0.236 e. The molecule has 7 nitrogen and oxygen atoms in total. The van der Waals surface area contributed by atoms with E-state index in [2.05, 4.69) is 24.8 Å². The van der Waals surface area contributed by atoms with Gasteiger partial charge in [-0.15, -0.1) is 11.3 Å². The highest BCUT2D eigenvalue weighted by Crippen LogP contribution is 2.13. The molecule has 0 spiro atoms. The molecule has 0 N–H and O–H groups in total. The predicted molar refractivity (Wildman–Crippen MR) is 98.9 cm³/mol. The number of thiazole rings is 1. The molecule has 1 aliphatic rings. The van der Waals surface area contributed by atoms with Crippen molar-refractivity contribution < 1.29 is 4.79 Å². The summed E-state index contributed by atoms with van der Waals surface area (Å²) in [5.74, 6) is 0.942. The van der Waals surface area contributed by atoms with E-state index in [0.717, 1.165) is 50.8 Å². The van der Waals surface area contributed by atoms with Gasteiger partial charge in [0.05, 0.1) is 17.7 Å². The van der Waals surface area contributed by atoms with Crippen LogP contribution < -0.4 is 4.90 Å². The van der Waals surface area contributed by atoms with E-state index in [1.54, 1.807) is 23.7 Å². The fourth-order valence-electron chi connectivity index (χ4n) is 2.83. The average Bonchev–Trinajstić information content (AvgIpc) is 3.06. The van der Waals surface area contributed by atoms with Crippen LogP contribution in [0.25, 0.3) is 0 Å². The molecule has 0 aliphatic carbocycles. The van der Waals surface area contributed by atoms with Gasteiger partial charge in [0.2, 0.25) is 11.9 Å². The fraction of sp³-hybridized carbons (Fsp3) is 0.529. The number of anilines is 1. The van der Waals surface area contributed by atoms with E-state index in [-0.39, 0.29) is 5.91 Å². The lowest BCUT2D eigenvalue weighted by Gasteiger charge is -2.34. The summed E-state index contributed by atoms with van der Waals surface area (Å²) in [6, 6.07) is 1.82. The Morgan fingerprint density at radius 3 is 2.56 bits per heavy atom. The van der Waals surface area contributed by atoms with Gasteiger partial charge >= 0.3 is 0 Å². The number of carbonyl (C=O) groups is 1. The first-order valence-electron chi connectivity index (χ1n) is 8.50. The lowest BCUT2D eigenvalue weighted by Crippen LogP contribution is -2.50. The number of carbonyl (C=O) groups excluding carboxylic acids is 1. The first-order chi connectivity index (χ1) is 12.1. The molecular formula is C17H24N6OS. The largest absolute Gasteiger partial charge is 0.344 e. The summed E-state index contributed by atoms with van der Waals surface area (Å²) in [7, 11) is 1.88. The van der Waals surface area contributed by atoms with Crippen molar-refractivity contribution in [1.29, 1.82) is 0 Å². The van der Waals surface area contributed by atoms with Gasteiger partial charge in [-0.05, 0) is 13.0 Å². The fourth-order valence-corrected chi connectivity index (χ4v) is 3.60. The highest BCUT2D eigenvalue weighted by molar-refractivity contribution is 7.09. The lowest BCUT2D eigenvalue weighted by atomic mass is 10.2. The minimum atomic E-state index is 0.173. The van der Waals surface area contributed by atoms with Crippen molar-refractivity contribution in [2.24, 2.45) is 0 Å². The minimum absolute atomic E-state index is 0.173. The zero-order chi connectivity index (χ0) is 17.6. The summed E-state index contributed by atoms with van der Waals surface area (Å²) in [4.78, 5) is 32.7. The van der Waals surface area contributed by atoms with Gasteiger partial charge in [-0.2, -0.15) is 0 Å². The molecule has 0 atom stereocenters. The van der Waals surface area contributed by atoms with Crippen LogP contribution >= 0.6 is 11.3 Å². The Bertz CT molecular complexity index is 683. The molecule has 1 fully saturated rings. The summed E-state index contributed by atoms with van der Waals surface area (Å²) in [5.41, 5.74) is 2.94. The van der Waals surface area contributed by atoms with Crippen LogP contribution in [0.3, 0.4) is 0 Å². The SMILES string of the molecule is Cc1ncsc1CCN(C)C(=O)CN1CCN(c2ncccn2)CC1. The van der Waals surface area contributed by atoms with Crippen molar-refractivity contribution in [2.75, 3.05) is 51.2 Å². The van der Waals surface area contributed by atoms with Crippen LogP contribution in [0, 0.1) is 6.92 Å². The number of piperazine rings is 1. The van der Waals surface area contributed by atoms with Crippen molar-refractivity contribution in [3.63, 3.8) is 0 Å². The van der Waals surface area contributed by atoms with Crippen molar-refractivity contribution in [3.8, 4) is 0 Å². The molecule has 134 valence electrons. The highest BCUT2D eigenvalue weighted by Gasteiger charge is 2.21. The van der Waals surface area contributed by atoms with Gasteiger partial charge in [-0.3, -0.25) is 9.69 Å². The van der Waals surface area contributed by atoms with E-state index < -0.39 is 0 Å². The molecule has 0 unspecified atom stereocenters. The van der Waals surface area contributed by atoms with E-state index in [0.29, 0.717) is 6.54 Å². The first kappa shape index (κ1) is 17.8. The third-order valence-corrected chi connectivity index (χ3v) is 5.51. The van der Waals surface area contributed by atoms with Gasteiger partial charge in [-0.1, -0.05) is 0 Å². The van der Waals surface area contributed by atoms with Crippen LogP contribution in [-0.2, 0) is 11.2 Å². The number of nitrogens with zero attached hydrogens (tertiary/aromatic N) is 6. The number of hydrogen-bond donors (Lipinski definition) is 0. The number of hydrogen-bond acceptors (Lipinski definition) is 7. The number of likely N-dealkylation sites (N-methyl/N-ethyl adjacent to an activating group) is 1. The molecular weight excluding hydrogens is 336 g/mol. The highest BCUT2D eigenvalue weighted by atomic mass is 32.1. The van der Waals surface area contributed by atoms with Gasteiger partial charge in [0.15, 0.2) is 0 Å². The molecule has 3 heterocycles. The van der Waals surface area contributed by atoms with Gasteiger partial charge in [0.1, 0.15) is 0 Å². The van der Waals surface area contributed by atoms with Gasteiger partial charge in [0.25, 0.3) is 0 Å².